The van der Waals surface area contributed by atoms with E-state index < -0.39 is 33.4 Å². The SMILES string of the molecule is CC(N)c1cc(F)c(NS(C)(=O)=O)c(F)c1.Cl. The van der Waals surface area contributed by atoms with Gasteiger partial charge in [0, 0.05) is 6.04 Å². The molecule has 0 heterocycles. The van der Waals surface area contributed by atoms with Crippen molar-refractivity contribution in [2.45, 2.75) is 13.0 Å². The van der Waals surface area contributed by atoms with Crippen LogP contribution in [0.15, 0.2) is 12.1 Å². The summed E-state index contributed by atoms with van der Waals surface area (Å²) in [5, 5.41) is 0. The van der Waals surface area contributed by atoms with Crippen molar-refractivity contribution in [2.24, 2.45) is 5.73 Å². The van der Waals surface area contributed by atoms with Crippen LogP contribution in [0.25, 0.3) is 0 Å². The van der Waals surface area contributed by atoms with Gasteiger partial charge in [0.15, 0.2) is 11.6 Å². The van der Waals surface area contributed by atoms with E-state index in [1.165, 1.54) is 0 Å². The Kier molecular flexibility index (Phi) is 5.31. The van der Waals surface area contributed by atoms with Crippen LogP contribution in [0, 0.1) is 11.6 Å². The van der Waals surface area contributed by atoms with E-state index in [2.05, 4.69) is 0 Å². The summed E-state index contributed by atoms with van der Waals surface area (Å²) in [6.07, 6.45) is 0.811. The summed E-state index contributed by atoms with van der Waals surface area (Å²) in [7, 11) is -3.72. The van der Waals surface area contributed by atoms with Crippen molar-refractivity contribution in [1.82, 2.24) is 0 Å². The molecule has 1 aromatic rings. The zero-order valence-electron chi connectivity index (χ0n) is 9.20. The minimum atomic E-state index is -3.72. The highest BCUT2D eigenvalue weighted by Gasteiger charge is 2.15. The Morgan fingerprint density at radius 2 is 1.71 bits per heavy atom. The second-order valence-electron chi connectivity index (χ2n) is 3.52. The highest BCUT2D eigenvalue weighted by Crippen LogP contribution is 2.23. The molecular formula is C9H13ClF2N2O2S. The summed E-state index contributed by atoms with van der Waals surface area (Å²) in [4.78, 5) is 0. The summed E-state index contributed by atoms with van der Waals surface area (Å²) in [6, 6.07) is 1.47. The first-order valence-corrected chi connectivity index (χ1v) is 6.32. The third-order valence-corrected chi connectivity index (χ3v) is 2.45. The van der Waals surface area contributed by atoms with Crippen LogP contribution in [0.4, 0.5) is 14.5 Å². The van der Waals surface area contributed by atoms with Gasteiger partial charge in [-0.3, -0.25) is 4.72 Å². The number of hydrogen-bond donors (Lipinski definition) is 2. The molecule has 98 valence electrons. The van der Waals surface area contributed by atoms with Gasteiger partial charge in [0.2, 0.25) is 10.0 Å². The lowest BCUT2D eigenvalue weighted by Gasteiger charge is -2.11. The van der Waals surface area contributed by atoms with Crippen LogP contribution >= 0.6 is 12.4 Å². The molecule has 0 aromatic heterocycles. The number of benzene rings is 1. The predicted octanol–water partition coefficient (Wildman–Crippen LogP) is 1.78. The highest BCUT2D eigenvalue weighted by atomic mass is 35.5. The van der Waals surface area contributed by atoms with E-state index in [4.69, 9.17) is 5.73 Å². The van der Waals surface area contributed by atoms with Crippen molar-refractivity contribution in [2.75, 3.05) is 11.0 Å². The molecular weight excluding hydrogens is 274 g/mol. The average molecular weight is 287 g/mol. The van der Waals surface area contributed by atoms with Crippen LogP contribution in [0.3, 0.4) is 0 Å². The average Bonchev–Trinajstić information content (AvgIpc) is 2.09. The van der Waals surface area contributed by atoms with Gasteiger partial charge in [-0.25, -0.2) is 17.2 Å². The van der Waals surface area contributed by atoms with Gasteiger partial charge >= 0.3 is 0 Å². The molecule has 0 amide bonds. The molecule has 0 fully saturated rings. The number of sulfonamides is 1. The number of nitrogens with two attached hydrogens (primary N) is 1. The molecule has 0 spiro atoms. The molecule has 3 N–H and O–H groups in total. The molecule has 0 aliphatic rings. The summed E-state index contributed by atoms with van der Waals surface area (Å²) in [5.74, 6) is -1.98. The quantitative estimate of drug-likeness (QED) is 0.889. The Morgan fingerprint density at radius 3 is 2.00 bits per heavy atom. The maximum absolute atomic E-state index is 13.4. The fourth-order valence-electron chi connectivity index (χ4n) is 1.14. The van der Waals surface area contributed by atoms with Gasteiger partial charge in [0.1, 0.15) is 5.69 Å². The molecule has 0 bridgehead atoms. The molecule has 0 saturated heterocycles. The topological polar surface area (TPSA) is 72.2 Å². The lowest BCUT2D eigenvalue weighted by atomic mass is 10.1. The number of nitrogens with one attached hydrogen (secondary N) is 1. The van der Waals surface area contributed by atoms with E-state index in [1.807, 2.05) is 0 Å². The van der Waals surface area contributed by atoms with Crippen LogP contribution in [0.1, 0.15) is 18.5 Å². The standard InChI is InChI=1S/C9H12F2N2O2S.ClH/c1-5(12)6-3-7(10)9(8(11)4-6)13-16(2,14)15;/h3-5,13H,12H2,1-2H3;1H. The Labute approximate surface area is 105 Å². The number of rotatable bonds is 3. The molecule has 8 heteroatoms. The molecule has 1 unspecified atom stereocenters. The number of hydrogen-bond acceptors (Lipinski definition) is 3. The monoisotopic (exact) mass is 286 g/mol. The van der Waals surface area contributed by atoms with Gasteiger partial charge in [-0.05, 0) is 24.6 Å². The summed E-state index contributed by atoms with van der Waals surface area (Å²) in [5.41, 5.74) is 5.03. The van der Waals surface area contributed by atoms with Crippen molar-refractivity contribution < 1.29 is 17.2 Å². The molecule has 0 saturated carbocycles. The van der Waals surface area contributed by atoms with E-state index in [1.54, 1.807) is 11.6 Å². The van der Waals surface area contributed by atoms with E-state index in [0.29, 0.717) is 0 Å². The third kappa shape index (κ3) is 4.45. The molecule has 1 aromatic carbocycles. The highest BCUT2D eigenvalue weighted by molar-refractivity contribution is 7.92. The van der Waals surface area contributed by atoms with Gasteiger partial charge in [-0.15, -0.1) is 12.4 Å². The second-order valence-corrected chi connectivity index (χ2v) is 5.27. The largest absolute Gasteiger partial charge is 0.324 e. The second kappa shape index (κ2) is 5.61. The van der Waals surface area contributed by atoms with Gasteiger partial charge in [-0.1, -0.05) is 0 Å². The molecule has 1 atom stereocenters. The zero-order valence-corrected chi connectivity index (χ0v) is 10.8. The van der Waals surface area contributed by atoms with E-state index in [-0.39, 0.29) is 18.0 Å². The number of anilines is 1. The maximum atomic E-state index is 13.4. The van der Waals surface area contributed by atoms with Crippen LogP contribution in [-0.2, 0) is 10.0 Å². The predicted molar refractivity (Wildman–Crippen MR) is 64.7 cm³/mol. The lowest BCUT2D eigenvalue weighted by Crippen LogP contribution is -2.14. The normalized spacial score (nSPS) is 12.8. The minimum Gasteiger partial charge on any atom is -0.324 e. The molecule has 17 heavy (non-hydrogen) atoms. The van der Waals surface area contributed by atoms with Crippen molar-refractivity contribution in [3.05, 3.63) is 29.3 Å². The Bertz CT molecular complexity index is 483. The van der Waals surface area contributed by atoms with Crippen LogP contribution in [-0.4, -0.2) is 14.7 Å². The third-order valence-electron chi connectivity index (χ3n) is 1.88. The molecule has 0 aliphatic carbocycles. The van der Waals surface area contributed by atoms with Gasteiger partial charge < -0.3 is 5.73 Å². The van der Waals surface area contributed by atoms with Gasteiger partial charge in [0.05, 0.1) is 6.26 Å². The van der Waals surface area contributed by atoms with Crippen molar-refractivity contribution >= 4 is 28.1 Å². The van der Waals surface area contributed by atoms with Crippen molar-refractivity contribution in [1.29, 1.82) is 0 Å². The summed E-state index contributed by atoms with van der Waals surface area (Å²) < 4.78 is 50.2. The molecule has 4 nitrogen and oxygen atoms in total. The van der Waals surface area contributed by atoms with Gasteiger partial charge in [-0.2, -0.15) is 0 Å². The minimum absolute atomic E-state index is 0. The first-order chi connectivity index (χ1) is 7.20. The lowest BCUT2D eigenvalue weighted by molar-refractivity contribution is 0.579. The van der Waals surface area contributed by atoms with Gasteiger partial charge in [0.25, 0.3) is 0 Å². The Balaban J connectivity index is 0.00000256. The Morgan fingerprint density at radius 1 is 1.29 bits per heavy atom. The van der Waals surface area contributed by atoms with Crippen molar-refractivity contribution in [3.63, 3.8) is 0 Å². The van der Waals surface area contributed by atoms with E-state index >= 15 is 0 Å². The van der Waals surface area contributed by atoms with Crippen LogP contribution < -0.4 is 10.5 Å². The smallest absolute Gasteiger partial charge is 0.230 e. The number of halogens is 3. The fraction of sp³-hybridized carbons (Fsp3) is 0.333. The first-order valence-electron chi connectivity index (χ1n) is 4.43. The van der Waals surface area contributed by atoms with Crippen LogP contribution in [0.5, 0.6) is 0 Å². The van der Waals surface area contributed by atoms with E-state index in [9.17, 15) is 17.2 Å². The first kappa shape index (κ1) is 16.1. The van der Waals surface area contributed by atoms with Crippen molar-refractivity contribution in [3.8, 4) is 0 Å². The Hall–Kier alpha value is -0.920. The zero-order chi connectivity index (χ0) is 12.5. The molecule has 0 radical (unpaired) electrons. The summed E-state index contributed by atoms with van der Waals surface area (Å²) >= 11 is 0. The maximum Gasteiger partial charge on any atom is 0.230 e. The van der Waals surface area contributed by atoms with Crippen LogP contribution in [0.2, 0.25) is 0 Å². The fourth-order valence-corrected chi connectivity index (χ4v) is 1.70. The summed E-state index contributed by atoms with van der Waals surface area (Å²) in [6.45, 7) is 1.57. The molecule has 0 aliphatic heterocycles. The molecule has 1 rings (SSSR count). The van der Waals surface area contributed by atoms with E-state index in [0.717, 1.165) is 18.4 Å².